The average molecular weight is 379 g/mol. The number of anilines is 1. The van der Waals surface area contributed by atoms with Gasteiger partial charge in [0.05, 0.1) is 37.5 Å². The molecule has 0 radical (unpaired) electrons. The Morgan fingerprint density at radius 1 is 1.14 bits per heavy atom. The standard InChI is InChI=1S/C21H25N5O2/c1-15(17-3-2-16-4-9-28-19(16)10-17)24-5-7-25(8-6-24)21-13-26-18(14-27)11-22-20(26)12-23-21/h2-3,10-13,15,27H,4-9,14H2,1H3/t15-/m0/s1. The van der Waals surface area contributed by atoms with Crippen molar-refractivity contribution in [1.82, 2.24) is 19.3 Å². The molecule has 0 amide bonds. The fourth-order valence-corrected chi connectivity index (χ4v) is 4.20. The molecule has 1 aromatic carbocycles. The van der Waals surface area contributed by atoms with Gasteiger partial charge in [0.1, 0.15) is 11.6 Å². The van der Waals surface area contributed by atoms with Crippen LogP contribution >= 0.6 is 0 Å². The quantitative estimate of drug-likeness (QED) is 0.748. The third-order valence-electron chi connectivity index (χ3n) is 6.01. The smallest absolute Gasteiger partial charge is 0.155 e. The Morgan fingerprint density at radius 2 is 2.00 bits per heavy atom. The summed E-state index contributed by atoms with van der Waals surface area (Å²) in [6.07, 6.45) is 6.47. The molecule has 0 saturated carbocycles. The first-order chi connectivity index (χ1) is 13.7. The molecule has 1 N–H and O–H groups in total. The largest absolute Gasteiger partial charge is 0.493 e. The van der Waals surface area contributed by atoms with Crippen molar-refractivity contribution in [3.05, 3.63) is 53.6 Å². The van der Waals surface area contributed by atoms with E-state index in [0.717, 1.165) is 62.1 Å². The van der Waals surface area contributed by atoms with Gasteiger partial charge in [-0.1, -0.05) is 12.1 Å². The molecule has 146 valence electrons. The highest BCUT2D eigenvalue weighted by molar-refractivity contribution is 5.46. The van der Waals surface area contributed by atoms with Crippen LogP contribution in [0.3, 0.4) is 0 Å². The fourth-order valence-electron chi connectivity index (χ4n) is 4.20. The second-order valence-corrected chi connectivity index (χ2v) is 7.55. The molecule has 28 heavy (non-hydrogen) atoms. The van der Waals surface area contributed by atoms with Gasteiger partial charge >= 0.3 is 0 Å². The van der Waals surface area contributed by atoms with E-state index in [0.29, 0.717) is 6.04 Å². The highest BCUT2D eigenvalue weighted by atomic mass is 16.5. The Hall–Kier alpha value is -2.64. The van der Waals surface area contributed by atoms with Gasteiger partial charge in [-0.15, -0.1) is 0 Å². The summed E-state index contributed by atoms with van der Waals surface area (Å²) in [6, 6.07) is 7.04. The molecule has 7 nitrogen and oxygen atoms in total. The average Bonchev–Trinajstić information content (AvgIpc) is 3.38. The van der Waals surface area contributed by atoms with Crippen molar-refractivity contribution in [3.63, 3.8) is 0 Å². The van der Waals surface area contributed by atoms with Gasteiger partial charge in [0.25, 0.3) is 0 Å². The number of rotatable bonds is 4. The Morgan fingerprint density at radius 3 is 2.82 bits per heavy atom. The molecule has 2 aliphatic heterocycles. The summed E-state index contributed by atoms with van der Waals surface area (Å²) in [5.41, 5.74) is 4.19. The molecule has 5 rings (SSSR count). The summed E-state index contributed by atoms with van der Waals surface area (Å²) < 4.78 is 7.66. The van der Waals surface area contributed by atoms with Crippen LogP contribution in [0.2, 0.25) is 0 Å². The van der Waals surface area contributed by atoms with Gasteiger partial charge in [-0.25, -0.2) is 9.97 Å². The highest BCUT2D eigenvalue weighted by Gasteiger charge is 2.24. The number of aliphatic hydroxyl groups is 1. The lowest BCUT2D eigenvalue weighted by Crippen LogP contribution is -2.47. The molecule has 0 unspecified atom stereocenters. The highest BCUT2D eigenvalue weighted by Crippen LogP contribution is 2.31. The number of benzene rings is 1. The normalized spacial score (nSPS) is 18.3. The van der Waals surface area contributed by atoms with E-state index in [1.807, 2.05) is 10.6 Å². The van der Waals surface area contributed by atoms with Crippen LogP contribution in [0.1, 0.15) is 29.8 Å². The number of ether oxygens (including phenoxy) is 1. The Bertz CT molecular complexity index is 994. The number of hydrogen-bond acceptors (Lipinski definition) is 6. The number of aliphatic hydroxyl groups excluding tert-OH is 1. The summed E-state index contributed by atoms with van der Waals surface area (Å²) >= 11 is 0. The van der Waals surface area contributed by atoms with E-state index in [2.05, 4.69) is 44.9 Å². The molecular weight excluding hydrogens is 354 g/mol. The predicted octanol–water partition coefficient (Wildman–Crippen LogP) is 2.04. The molecule has 1 atom stereocenters. The number of imidazole rings is 1. The Labute approximate surface area is 164 Å². The van der Waals surface area contributed by atoms with Gasteiger partial charge in [-0.05, 0) is 24.1 Å². The zero-order valence-electron chi connectivity index (χ0n) is 16.1. The second kappa shape index (κ2) is 7.07. The lowest BCUT2D eigenvalue weighted by atomic mass is 10.0. The van der Waals surface area contributed by atoms with Crippen LogP contribution in [0.25, 0.3) is 5.65 Å². The number of hydrogen-bond donors (Lipinski definition) is 1. The minimum absolute atomic E-state index is 0.0274. The topological polar surface area (TPSA) is 66.1 Å². The van der Waals surface area contributed by atoms with Crippen molar-refractivity contribution >= 4 is 11.5 Å². The van der Waals surface area contributed by atoms with E-state index >= 15 is 0 Å². The maximum atomic E-state index is 9.48. The van der Waals surface area contributed by atoms with Crippen LogP contribution in [0.4, 0.5) is 5.82 Å². The predicted molar refractivity (Wildman–Crippen MR) is 107 cm³/mol. The monoisotopic (exact) mass is 379 g/mol. The van der Waals surface area contributed by atoms with Crippen molar-refractivity contribution in [2.24, 2.45) is 0 Å². The molecular formula is C21H25N5O2. The molecule has 1 fully saturated rings. The molecule has 0 aliphatic carbocycles. The minimum Gasteiger partial charge on any atom is -0.493 e. The van der Waals surface area contributed by atoms with Crippen molar-refractivity contribution in [2.45, 2.75) is 26.0 Å². The number of aromatic nitrogens is 3. The minimum atomic E-state index is -0.0274. The SMILES string of the molecule is C[C@@H](c1ccc2c(c1)OCC2)N1CCN(c2cn3c(CO)cnc3cn2)CC1. The van der Waals surface area contributed by atoms with E-state index in [-0.39, 0.29) is 6.61 Å². The van der Waals surface area contributed by atoms with E-state index in [1.165, 1.54) is 11.1 Å². The molecule has 7 heteroatoms. The van der Waals surface area contributed by atoms with Gasteiger partial charge in [0.2, 0.25) is 0 Å². The molecule has 2 aliphatic rings. The maximum Gasteiger partial charge on any atom is 0.155 e. The molecule has 0 bridgehead atoms. The first kappa shape index (κ1) is 17.5. The van der Waals surface area contributed by atoms with E-state index in [1.54, 1.807) is 12.4 Å². The van der Waals surface area contributed by atoms with Crippen LogP contribution in [-0.4, -0.2) is 57.2 Å². The summed E-state index contributed by atoms with van der Waals surface area (Å²) in [5.74, 6) is 1.99. The molecule has 4 heterocycles. The van der Waals surface area contributed by atoms with Crippen molar-refractivity contribution in [3.8, 4) is 5.75 Å². The number of nitrogens with zero attached hydrogens (tertiary/aromatic N) is 5. The zero-order chi connectivity index (χ0) is 19.1. The van der Waals surface area contributed by atoms with Crippen molar-refractivity contribution in [1.29, 1.82) is 0 Å². The lowest BCUT2D eigenvalue weighted by Gasteiger charge is -2.38. The van der Waals surface area contributed by atoms with Crippen LogP contribution in [0.5, 0.6) is 5.75 Å². The lowest BCUT2D eigenvalue weighted by molar-refractivity contribution is 0.198. The van der Waals surface area contributed by atoms with Gasteiger partial charge in [0, 0.05) is 38.6 Å². The third-order valence-corrected chi connectivity index (χ3v) is 6.01. The van der Waals surface area contributed by atoms with Crippen molar-refractivity contribution < 1.29 is 9.84 Å². The van der Waals surface area contributed by atoms with E-state index in [4.69, 9.17) is 4.74 Å². The first-order valence-corrected chi connectivity index (χ1v) is 9.90. The van der Waals surface area contributed by atoms with Gasteiger partial charge in [-0.3, -0.25) is 9.30 Å². The van der Waals surface area contributed by atoms with E-state index in [9.17, 15) is 5.11 Å². The number of fused-ring (bicyclic) bond motifs is 2. The van der Waals surface area contributed by atoms with Crippen LogP contribution in [0.15, 0.2) is 36.8 Å². The van der Waals surface area contributed by atoms with Crippen LogP contribution in [0, 0.1) is 0 Å². The zero-order valence-corrected chi connectivity index (χ0v) is 16.1. The van der Waals surface area contributed by atoms with Crippen LogP contribution < -0.4 is 9.64 Å². The molecule has 1 saturated heterocycles. The maximum absolute atomic E-state index is 9.48. The summed E-state index contributed by atoms with van der Waals surface area (Å²) in [5, 5.41) is 9.48. The second-order valence-electron chi connectivity index (χ2n) is 7.55. The molecule has 0 spiro atoms. The molecule has 2 aromatic heterocycles. The Balaban J connectivity index is 1.28. The summed E-state index contributed by atoms with van der Waals surface area (Å²) in [7, 11) is 0. The summed E-state index contributed by atoms with van der Waals surface area (Å²) in [6.45, 7) is 6.86. The number of piperazine rings is 1. The van der Waals surface area contributed by atoms with Gasteiger partial charge < -0.3 is 14.7 Å². The molecule has 3 aromatic rings. The van der Waals surface area contributed by atoms with Crippen molar-refractivity contribution in [2.75, 3.05) is 37.7 Å². The van der Waals surface area contributed by atoms with E-state index < -0.39 is 0 Å². The first-order valence-electron chi connectivity index (χ1n) is 9.90. The van der Waals surface area contributed by atoms with Crippen LogP contribution in [-0.2, 0) is 13.0 Å². The third kappa shape index (κ3) is 3.00. The fraction of sp³-hybridized carbons (Fsp3) is 0.429. The van der Waals surface area contributed by atoms with Gasteiger partial charge in [-0.2, -0.15) is 0 Å². The Kier molecular flexibility index (Phi) is 4.41. The summed E-state index contributed by atoms with van der Waals surface area (Å²) in [4.78, 5) is 13.7. The van der Waals surface area contributed by atoms with Gasteiger partial charge in [0.15, 0.2) is 5.65 Å².